The van der Waals surface area contributed by atoms with Crippen molar-refractivity contribution in [3.8, 4) is 0 Å². The Morgan fingerprint density at radius 2 is 1.96 bits per heavy atom. The maximum atomic E-state index is 5.89. The van der Waals surface area contributed by atoms with Crippen LogP contribution in [0.1, 0.15) is 25.3 Å². The van der Waals surface area contributed by atoms with Gasteiger partial charge in [0, 0.05) is 24.7 Å². The zero-order valence-corrected chi connectivity index (χ0v) is 14.1. The van der Waals surface area contributed by atoms with Crippen LogP contribution >= 0.6 is 11.6 Å². The molecule has 0 bridgehead atoms. The molecule has 1 aromatic heterocycles. The van der Waals surface area contributed by atoms with Crippen LogP contribution in [0.4, 0.5) is 11.8 Å². The average Bonchev–Trinajstić information content (AvgIpc) is 2.58. The number of hydrogen-bond donors (Lipinski definition) is 1. The smallest absolute Gasteiger partial charge is 0.244 e. The Morgan fingerprint density at radius 3 is 2.70 bits per heavy atom. The summed E-state index contributed by atoms with van der Waals surface area (Å²) in [6.07, 6.45) is 5.07. The highest BCUT2D eigenvalue weighted by Gasteiger charge is 2.17. The summed E-state index contributed by atoms with van der Waals surface area (Å²) in [4.78, 5) is 6.88. The van der Waals surface area contributed by atoms with Crippen molar-refractivity contribution in [2.45, 2.75) is 26.2 Å². The summed E-state index contributed by atoms with van der Waals surface area (Å²) in [5.74, 6) is 2.31. The van der Waals surface area contributed by atoms with Gasteiger partial charge < -0.3 is 10.2 Å². The minimum absolute atomic E-state index is 0.593. The summed E-state index contributed by atoms with van der Waals surface area (Å²) in [6, 6.07) is 7.89. The van der Waals surface area contributed by atoms with Crippen molar-refractivity contribution in [3.05, 3.63) is 41.0 Å². The summed E-state index contributed by atoms with van der Waals surface area (Å²) in [5, 5.41) is 12.2. The Kier molecular flexibility index (Phi) is 5.28. The van der Waals surface area contributed by atoms with E-state index in [1.54, 1.807) is 6.20 Å². The van der Waals surface area contributed by atoms with Crippen LogP contribution in [0.2, 0.25) is 5.02 Å². The van der Waals surface area contributed by atoms with Crippen molar-refractivity contribution in [2.24, 2.45) is 5.92 Å². The molecule has 23 heavy (non-hydrogen) atoms. The molecule has 0 saturated carbocycles. The van der Waals surface area contributed by atoms with Gasteiger partial charge in [-0.05, 0) is 42.9 Å². The zero-order valence-electron chi connectivity index (χ0n) is 13.4. The van der Waals surface area contributed by atoms with E-state index >= 15 is 0 Å². The number of benzene rings is 1. The van der Waals surface area contributed by atoms with Gasteiger partial charge >= 0.3 is 0 Å². The highest BCUT2D eigenvalue weighted by molar-refractivity contribution is 6.30. The van der Waals surface area contributed by atoms with E-state index in [1.807, 2.05) is 24.3 Å². The highest BCUT2D eigenvalue weighted by Crippen LogP contribution is 2.21. The molecule has 1 aliphatic heterocycles. The van der Waals surface area contributed by atoms with Crippen molar-refractivity contribution < 1.29 is 0 Å². The first-order valence-corrected chi connectivity index (χ1v) is 8.51. The van der Waals surface area contributed by atoms with Crippen molar-refractivity contribution in [3.63, 3.8) is 0 Å². The SMILES string of the molecule is CC1CCN(c2cnnc(NCCc3ccc(Cl)cc3)n2)CC1. The Hall–Kier alpha value is -1.88. The number of rotatable bonds is 5. The summed E-state index contributed by atoms with van der Waals surface area (Å²) in [6.45, 7) is 5.16. The van der Waals surface area contributed by atoms with E-state index in [4.69, 9.17) is 11.6 Å². The third kappa shape index (κ3) is 4.55. The second kappa shape index (κ2) is 7.59. The lowest BCUT2D eigenvalue weighted by Crippen LogP contribution is -2.33. The van der Waals surface area contributed by atoms with Crippen LogP contribution in [0.25, 0.3) is 0 Å². The minimum Gasteiger partial charge on any atom is -0.355 e. The minimum atomic E-state index is 0.593. The van der Waals surface area contributed by atoms with Crippen LogP contribution in [-0.4, -0.2) is 34.8 Å². The molecule has 0 unspecified atom stereocenters. The van der Waals surface area contributed by atoms with Gasteiger partial charge in [0.15, 0.2) is 5.82 Å². The fourth-order valence-corrected chi connectivity index (χ4v) is 2.86. The summed E-state index contributed by atoms with van der Waals surface area (Å²) < 4.78 is 0. The average molecular weight is 332 g/mol. The standard InChI is InChI=1S/C17H22ClN5/c1-13-7-10-23(11-8-13)16-12-20-22-17(21-16)19-9-6-14-2-4-15(18)5-3-14/h2-5,12-13H,6-11H2,1H3,(H,19,21,22). The molecule has 2 aromatic rings. The monoisotopic (exact) mass is 331 g/mol. The van der Waals surface area contributed by atoms with E-state index in [0.717, 1.165) is 42.8 Å². The molecule has 0 spiro atoms. The van der Waals surface area contributed by atoms with E-state index in [0.29, 0.717) is 5.95 Å². The molecule has 1 fully saturated rings. The van der Waals surface area contributed by atoms with Gasteiger partial charge in [0.1, 0.15) is 0 Å². The number of piperidine rings is 1. The molecule has 6 heteroatoms. The van der Waals surface area contributed by atoms with Gasteiger partial charge in [-0.25, -0.2) is 0 Å². The number of nitrogens with one attached hydrogen (secondary N) is 1. The molecule has 0 radical (unpaired) electrons. The van der Waals surface area contributed by atoms with Crippen LogP contribution in [0, 0.1) is 5.92 Å². The molecule has 1 N–H and O–H groups in total. The number of halogens is 1. The van der Waals surface area contributed by atoms with E-state index < -0.39 is 0 Å². The predicted octanol–water partition coefficient (Wildman–Crippen LogP) is 3.42. The lowest BCUT2D eigenvalue weighted by molar-refractivity contribution is 0.436. The Labute approximate surface area is 142 Å². The van der Waals surface area contributed by atoms with Crippen LogP contribution in [-0.2, 0) is 6.42 Å². The van der Waals surface area contributed by atoms with Gasteiger partial charge in [-0.3, -0.25) is 0 Å². The number of nitrogens with zero attached hydrogens (tertiary/aromatic N) is 4. The lowest BCUT2D eigenvalue weighted by atomic mass is 9.99. The number of anilines is 2. The predicted molar refractivity (Wildman–Crippen MR) is 94.1 cm³/mol. The van der Waals surface area contributed by atoms with E-state index in [1.165, 1.54) is 18.4 Å². The molecule has 1 saturated heterocycles. The zero-order chi connectivity index (χ0) is 16.1. The Morgan fingerprint density at radius 1 is 1.22 bits per heavy atom. The van der Waals surface area contributed by atoms with E-state index in [9.17, 15) is 0 Å². The molecule has 122 valence electrons. The molecule has 3 rings (SSSR count). The first-order chi connectivity index (χ1) is 11.2. The summed E-state index contributed by atoms with van der Waals surface area (Å²) in [5.41, 5.74) is 1.23. The summed E-state index contributed by atoms with van der Waals surface area (Å²) in [7, 11) is 0. The van der Waals surface area contributed by atoms with Crippen LogP contribution in [0.5, 0.6) is 0 Å². The number of hydrogen-bond acceptors (Lipinski definition) is 5. The first kappa shape index (κ1) is 16.0. The van der Waals surface area contributed by atoms with E-state index in [2.05, 4.69) is 32.3 Å². The Bertz CT molecular complexity index is 623. The van der Waals surface area contributed by atoms with Gasteiger partial charge in [-0.1, -0.05) is 30.7 Å². The molecular formula is C17H22ClN5. The van der Waals surface area contributed by atoms with Gasteiger partial charge in [0.05, 0.1) is 6.20 Å². The van der Waals surface area contributed by atoms with Crippen LogP contribution in [0.15, 0.2) is 30.5 Å². The van der Waals surface area contributed by atoms with Gasteiger partial charge in [-0.2, -0.15) is 10.1 Å². The third-order valence-corrected chi connectivity index (χ3v) is 4.52. The van der Waals surface area contributed by atoms with Crippen LogP contribution in [0.3, 0.4) is 0 Å². The third-order valence-electron chi connectivity index (χ3n) is 4.26. The van der Waals surface area contributed by atoms with Gasteiger partial charge in [0.25, 0.3) is 0 Å². The Balaban J connectivity index is 1.54. The van der Waals surface area contributed by atoms with Crippen molar-refractivity contribution >= 4 is 23.4 Å². The maximum absolute atomic E-state index is 5.89. The van der Waals surface area contributed by atoms with Crippen molar-refractivity contribution in [2.75, 3.05) is 29.9 Å². The van der Waals surface area contributed by atoms with Gasteiger partial charge in [0.2, 0.25) is 5.95 Å². The van der Waals surface area contributed by atoms with Crippen molar-refractivity contribution in [1.82, 2.24) is 15.2 Å². The quantitative estimate of drug-likeness (QED) is 0.909. The van der Waals surface area contributed by atoms with Gasteiger partial charge in [-0.15, -0.1) is 5.10 Å². The lowest BCUT2D eigenvalue weighted by Gasteiger charge is -2.30. The normalized spacial score (nSPS) is 15.7. The van der Waals surface area contributed by atoms with Crippen molar-refractivity contribution in [1.29, 1.82) is 0 Å². The fourth-order valence-electron chi connectivity index (χ4n) is 2.73. The molecule has 0 amide bonds. The second-order valence-corrected chi connectivity index (χ2v) is 6.55. The molecule has 0 atom stereocenters. The molecule has 0 aliphatic carbocycles. The molecule has 1 aliphatic rings. The fraction of sp³-hybridized carbons (Fsp3) is 0.471. The molecule has 5 nitrogen and oxygen atoms in total. The molecule has 1 aromatic carbocycles. The largest absolute Gasteiger partial charge is 0.355 e. The number of aromatic nitrogens is 3. The van der Waals surface area contributed by atoms with Crippen LogP contribution < -0.4 is 10.2 Å². The van der Waals surface area contributed by atoms with E-state index in [-0.39, 0.29) is 0 Å². The first-order valence-electron chi connectivity index (χ1n) is 8.14. The topological polar surface area (TPSA) is 53.9 Å². The molecular weight excluding hydrogens is 310 g/mol. The summed E-state index contributed by atoms with van der Waals surface area (Å²) >= 11 is 5.89. The maximum Gasteiger partial charge on any atom is 0.244 e. The molecule has 2 heterocycles. The highest BCUT2D eigenvalue weighted by atomic mass is 35.5. The second-order valence-electron chi connectivity index (χ2n) is 6.11.